The molecule has 2 aromatic rings. The molecule has 110 valence electrons. The monoisotopic (exact) mass is 469 g/mol. The second-order valence-corrected chi connectivity index (χ2v) is 6.22. The molecule has 0 aliphatic carbocycles. The Labute approximate surface area is 141 Å². The summed E-state index contributed by atoms with van der Waals surface area (Å²) in [7, 11) is 0. The largest absolute Gasteiger partial charge is 0.418 e. The van der Waals surface area contributed by atoms with Crippen LogP contribution in [0.1, 0.15) is 15.9 Å². The first-order valence-corrected chi connectivity index (χ1v) is 7.59. The lowest BCUT2D eigenvalue weighted by atomic mass is 10.1. The Balaban J connectivity index is 2.35. The van der Waals surface area contributed by atoms with Gasteiger partial charge in [0, 0.05) is 8.04 Å². The highest BCUT2D eigenvalue weighted by Crippen LogP contribution is 2.35. The Bertz CT molecular complexity index is 688. The third-order valence-corrected chi connectivity index (χ3v) is 4.02. The van der Waals surface area contributed by atoms with E-state index in [0.29, 0.717) is 4.47 Å². The van der Waals surface area contributed by atoms with Gasteiger partial charge in [-0.2, -0.15) is 13.2 Å². The van der Waals surface area contributed by atoms with Crippen LogP contribution < -0.4 is 5.32 Å². The fourth-order valence-corrected chi connectivity index (χ4v) is 2.62. The second kappa shape index (κ2) is 6.35. The fourth-order valence-electron chi connectivity index (χ4n) is 1.70. The van der Waals surface area contributed by atoms with Crippen molar-refractivity contribution in [3.63, 3.8) is 0 Å². The van der Waals surface area contributed by atoms with Crippen molar-refractivity contribution in [3.8, 4) is 0 Å². The van der Waals surface area contributed by atoms with E-state index in [1.54, 1.807) is 18.2 Å². The summed E-state index contributed by atoms with van der Waals surface area (Å²) < 4.78 is 40.0. The van der Waals surface area contributed by atoms with E-state index < -0.39 is 17.6 Å². The molecule has 21 heavy (non-hydrogen) atoms. The van der Waals surface area contributed by atoms with Gasteiger partial charge in [0.25, 0.3) is 5.91 Å². The van der Waals surface area contributed by atoms with E-state index in [0.717, 1.165) is 9.64 Å². The number of halogens is 5. The van der Waals surface area contributed by atoms with Gasteiger partial charge in [0.05, 0.1) is 16.8 Å². The predicted molar refractivity (Wildman–Crippen MR) is 86.3 cm³/mol. The number of hydrogen-bond donors (Lipinski definition) is 1. The number of carbonyl (C=O) groups is 1. The molecule has 0 saturated carbocycles. The zero-order chi connectivity index (χ0) is 15.6. The number of hydrogen-bond acceptors (Lipinski definition) is 1. The van der Waals surface area contributed by atoms with Gasteiger partial charge in [0.2, 0.25) is 0 Å². The number of rotatable bonds is 2. The van der Waals surface area contributed by atoms with Crippen LogP contribution in [0.3, 0.4) is 0 Å². The molecule has 1 amide bonds. The molecule has 0 unspecified atom stereocenters. The van der Waals surface area contributed by atoms with E-state index in [-0.39, 0.29) is 11.3 Å². The van der Waals surface area contributed by atoms with Crippen LogP contribution in [0.2, 0.25) is 0 Å². The Kier molecular flexibility index (Phi) is 4.92. The number of anilines is 1. The smallest absolute Gasteiger partial charge is 0.321 e. The SMILES string of the molecule is O=C(Nc1ccccc1C(F)(F)F)c1cc(I)ccc1Br. The molecule has 0 heterocycles. The van der Waals surface area contributed by atoms with Crippen LogP contribution in [-0.4, -0.2) is 5.91 Å². The molecule has 0 fully saturated rings. The lowest BCUT2D eigenvalue weighted by molar-refractivity contribution is -0.136. The van der Waals surface area contributed by atoms with Gasteiger partial charge in [0.1, 0.15) is 0 Å². The minimum atomic E-state index is -4.52. The summed E-state index contributed by atoms with van der Waals surface area (Å²) >= 11 is 5.24. The third kappa shape index (κ3) is 3.97. The van der Waals surface area contributed by atoms with Crippen LogP contribution in [0.15, 0.2) is 46.9 Å². The van der Waals surface area contributed by atoms with Gasteiger partial charge in [-0.25, -0.2) is 0 Å². The van der Waals surface area contributed by atoms with Gasteiger partial charge in [-0.15, -0.1) is 0 Å². The zero-order valence-corrected chi connectivity index (χ0v) is 14.1. The first-order chi connectivity index (χ1) is 9.79. The van der Waals surface area contributed by atoms with Gasteiger partial charge < -0.3 is 5.32 Å². The number of benzene rings is 2. The number of nitrogens with one attached hydrogen (secondary N) is 1. The van der Waals surface area contributed by atoms with Crippen molar-refractivity contribution < 1.29 is 18.0 Å². The average molecular weight is 470 g/mol. The summed E-state index contributed by atoms with van der Waals surface area (Å²) in [5.41, 5.74) is -0.861. The molecular formula is C14H8BrF3INO. The predicted octanol–water partition coefficient (Wildman–Crippen LogP) is 5.32. The maximum atomic E-state index is 12.9. The van der Waals surface area contributed by atoms with Crippen LogP contribution >= 0.6 is 38.5 Å². The number of alkyl halides is 3. The lowest BCUT2D eigenvalue weighted by Crippen LogP contribution is -2.17. The molecule has 0 spiro atoms. The topological polar surface area (TPSA) is 29.1 Å². The second-order valence-electron chi connectivity index (χ2n) is 4.12. The summed E-state index contributed by atoms with van der Waals surface area (Å²) in [6, 6.07) is 9.92. The van der Waals surface area contributed by atoms with E-state index in [1.807, 2.05) is 22.6 Å². The maximum Gasteiger partial charge on any atom is 0.418 e. The van der Waals surface area contributed by atoms with Gasteiger partial charge in [-0.3, -0.25) is 4.79 Å². The average Bonchev–Trinajstić information content (AvgIpc) is 2.41. The molecule has 2 rings (SSSR count). The first kappa shape index (κ1) is 16.3. The van der Waals surface area contributed by atoms with E-state index in [2.05, 4.69) is 21.2 Å². The molecule has 2 aromatic carbocycles. The van der Waals surface area contributed by atoms with E-state index in [9.17, 15) is 18.0 Å². The quantitative estimate of drug-likeness (QED) is 0.592. The summed E-state index contributed by atoms with van der Waals surface area (Å²) in [5, 5.41) is 2.31. The summed E-state index contributed by atoms with van der Waals surface area (Å²) in [4.78, 5) is 12.2. The Morgan fingerprint density at radius 3 is 2.48 bits per heavy atom. The van der Waals surface area contributed by atoms with Crippen molar-refractivity contribution in [2.45, 2.75) is 6.18 Å². The van der Waals surface area contributed by atoms with Crippen LogP contribution in [0.25, 0.3) is 0 Å². The maximum absolute atomic E-state index is 12.9. The normalized spacial score (nSPS) is 11.3. The van der Waals surface area contributed by atoms with Crippen LogP contribution in [-0.2, 0) is 6.18 Å². The van der Waals surface area contributed by atoms with Gasteiger partial charge >= 0.3 is 6.18 Å². The molecule has 0 saturated heterocycles. The van der Waals surface area contributed by atoms with Crippen molar-refractivity contribution in [1.29, 1.82) is 0 Å². The summed E-state index contributed by atoms with van der Waals surface area (Å²) in [6.07, 6.45) is -4.52. The highest BCUT2D eigenvalue weighted by molar-refractivity contribution is 14.1. The molecule has 2 nitrogen and oxygen atoms in total. The fraction of sp³-hybridized carbons (Fsp3) is 0.0714. The van der Waals surface area contributed by atoms with E-state index in [4.69, 9.17) is 0 Å². The van der Waals surface area contributed by atoms with Gasteiger partial charge in [-0.1, -0.05) is 12.1 Å². The van der Waals surface area contributed by atoms with Crippen molar-refractivity contribution in [2.24, 2.45) is 0 Å². The molecule has 0 aliphatic rings. The Morgan fingerprint density at radius 2 is 1.81 bits per heavy atom. The lowest BCUT2D eigenvalue weighted by Gasteiger charge is -2.14. The minimum absolute atomic E-state index is 0.263. The first-order valence-electron chi connectivity index (χ1n) is 5.71. The van der Waals surface area contributed by atoms with E-state index >= 15 is 0 Å². The van der Waals surface area contributed by atoms with Gasteiger partial charge in [0.15, 0.2) is 0 Å². The Morgan fingerprint density at radius 1 is 1.14 bits per heavy atom. The summed E-state index contributed by atoms with van der Waals surface area (Å²) in [5.74, 6) is -0.600. The number of carbonyl (C=O) groups excluding carboxylic acids is 1. The number of amides is 1. The highest BCUT2D eigenvalue weighted by Gasteiger charge is 2.33. The Hall–Kier alpha value is -1.09. The molecule has 1 N–H and O–H groups in total. The van der Waals surface area contributed by atoms with Crippen LogP contribution in [0.5, 0.6) is 0 Å². The van der Waals surface area contributed by atoms with Crippen molar-refractivity contribution in [2.75, 3.05) is 5.32 Å². The van der Waals surface area contributed by atoms with Crippen LogP contribution in [0, 0.1) is 3.57 Å². The van der Waals surface area contributed by atoms with Crippen molar-refractivity contribution >= 4 is 50.1 Å². The molecule has 0 aromatic heterocycles. The molecular weight excluding hydrogens is 462 g/mol. The van der Waals surface area contributed by atoms with Crippen molar-refractivity contribution in [3.05, 3.63) is 61.6 Å². The number of para-hydroxylation sites is 1. The van der Waals surface area contributed by atoms with Crippen LogP contribution in [0.4, 0.5) is 18.9 Å². The molecule has 0 atom stereocenters. The molecule has 7 heteroatoms. The van der Waals surface area contributed by atoms with Gasteiger partial charge in [-0.05, 0) is 68.9 Å². The standard InChI is InChI=1S/C14H8BrF3INO/c15-11-6-5-8(19)7-9(11)13(21)20-12-4-2-1-3-10(12)14(16,17)18/h1-7H,(H,20,21). The van der Waals surface area contributed by atoms with E-state index in [1.165, 1.54) is 18.2 Å². The zero-order valence-electron chi connectivity index (χ0n) is 10.3. The highest BCUT2D eigenvalue weighted by atomic mass is 127. The van der Waals surface area contributed by atoms with Crippen molar-refractivity contribution in [1.82, 2.24) is 0 Å². The third-order valence-electron chi connectivity index (χ3n) is 2.65. The molecule has 0 bridgehead atoms. The molecule has 0 aliphatic heterocycles. The summed E-state index contributed by atoms with van der Waals surface area (Å²) in [6.45, 7) is 0. The minimum Gasteiger partial charge on any atom is -0.321 e. The molecule has 0 radical (unpaired) electrons.